The van der Waals surface area contributed by atoms with Gasteiger partial charge in [-0.1, -0.05) is 13.8 Å². The number of hydrogen-bond acceptors (Lipinski definition) is 5. The number of nitrogens with two attached hydrogens (primary N) is 1. The van der Waals surface area contributed by atoms with E-state index < -0.39 is 10.2 Å². The maximum absolute atomic E-state index is 12.7. The lowest BCUT2D eigenvalue weighted by molar-refractivity contribution is 0.334. The Hall–Kier alpha value is -1.25. The molecule has 0 bridgehead atoms. The van der Waals surface area contributed by atoms with E-state index >= 15 is 0 Å². The Labute approximate surface area is 126 Å². The summed E-state index contributed by atoms with van der Waals surface area (Å²) in [6.07, 6.45) is 1.59. The summed E-state index contributed by atoms with van der Waals surface area (Å²) in [6, 6.07) is 1.42. The molecule has 0 radical (unpaired) electrons. The van der Waals surface area contributed by atoms with Crippen LogP contribution in [0.5, 0.6) is 0 Å². The fourth-order valence-electron chi connectivity index (χ4n) is 2.80. The molecule has 8 heteroatoms. The summed E-state index contributed by atoms with van der Waals surface area (Å²) in [5.41, 5.74) is 6.45. The molecule has 0 saturated carbocycles. The highest BCUT2D eigenvalue weighted by molar-refractivity contribution is 7.86. The lowest BCUT2D eigenvalue weighted by Gasteiger charge is -2.29. The number of aryl methyl sites for hydroxylation is 1. The molecule has 21 heavy (non-hydrogen) atoms. The molecule has 1 aliphatic rings. The fraction of sp³-hybridized carbons (Fsp3) is 0.692. The standard InChI is InChI=1S/C13H23N5O2S/c1-4-17(5-2)21(19,20)18-8-6-7-12(18)11-9-13(14)16-10(3)15-11/h9,12H,4-8H2,1-3H3,(H2,14,15,16)/t12-/m1/s1. The molecule has 1 aliphatic heterocycles. The molecule has 1 atom stereocenters. The number of nitrogens with zero attached hydrogens (tertiary/aromatic N) is 4. The zero-order valence-electron chi connectivity index (χ0n) is 12.8. The average molecular weight is 313 g/mol. The van der Waals surface area contributed by atoms with Crippen LogP contribution < -0.4 is 5.73 Å². The van der Waals surface area contributed by atoms with E-state index in [1.54, 1.807) is 17.3 Å². The number of hydrogen-bond donors (Lipinski definition) is 1. The van der Waals surface area contributed by atoms with E-state index in [2.05, 4.69) is 9.97 Å². The SMILES string of the molecule is CCN(CC)S(=O)(=O)N1CCC[C@@H]1c1cc(N)nc(C)n1. The van der Waals surface area contributed by atoms with Crippen molar-refractivity contribution in [3.63, 3.8) is 0 Å². The third kappa shape index (κ3) is 3.17. The van der Waals surface area contributed by atoms with E-state index in [-0.39, 0.29) is 6.04 Å². The van der Waals surface area contributed by atoms with E-state index in [9.17, 15) is 8.42 Å². The van der Waals surface area contributed by atoms with Crippen LogP contribution in [-0.2, 0) is 10.2 Å². The predicted molar refractivity (Wildman–Crippen MR) is 81.7 cm³/mol. The van der Waals surface area contributed by atoms with Gasteiger partial charge in [0.25, 0.3) is 10.2 Å². The predicted octanol–water partition coefficient (Wildman–Crippen LogP) is 1.09. The molecule has 7 nitrogen and oxygen atoms in total. The van der Waals surface area contributed by atoms with Crippen molar-refractivity contribution in [2.24, 2.45) is 0 Å². The molecule has 0 amide bonds. The summed E-state index contributed by atoms with van der Waals surface area (Å²) in [7, 11) is -3.46. The zero-order chi connectivity index (χ0) is 15.6. The van der Waals surface area contributed by atoms with Gasteiger partial charge in [-0.15, -0.1) is 0 Å². The average Bonchev–Trinajstić information content (AvgIpc) is 2.88. The van der Waals surface area contributed by atoms with Crippen molar-refractivity contribution in [1.82, 2.24) is 18.6 Å². The topological polar surface area (TPSA) is 92.4 Å². The van der Waals surface area contributed by atoms with Crippen LogP contribution in [0.2, 0.25) is 0 Å². The minimum absolute atomic E-state index is 0.250. The van der Waals surface area contributed by atoms with Gasteiger partial charge in [0.1, 0.15) is 11.6 Å². The van der Waals surface area contributed by atoms with Crippen LogP contribution in [0, 0.1) is 6.92 Å². The Kier molecular flexibility index (Phi) is 4.80. The second-order valence-electron chi connectivity index (χ2n) is 5.13. The van der Waals surface area contributed by atoms with Crippen LogP contribution in [0.4, 0.5) is 5.82 Å². The quantitative estimate of drug-likeness (QED) is 0.878. The van der Waals surface area contributed by atoms with Gasteiger partial charge in [0.15, 0.2) is 0 Å². The van der Waals surface area contributed by atoms with Gasteiger partial charge in [-0.2, -0.15) is 17.0 Å². The largest absolute Gasteiger partial charge is 0.384 e. The summed E-state index contributed by atoms with van der Waals surface area (Å²) in [5, 5.41) is 0. The fourth-order valence-corrected chi connectivity index (χ4v) is 4.64. The molecule has 0 spiro atoms. The number of rotatable bonds is 5. The minimum atomic E-state index is -3.46. The second-order valence-corrected chi connectivity index (χ2v) is 7.01. The number of nitrogen functional groups attached to an aromatic ring is 1. The smallest absolute Gasteiger partial charge is 0.282 e. The van der Waals surface area contributed by atoms with Crippen LogP contribution in [0.3, 0.4) is 0 Å². The molecule has 2 N–H and O–H groups in total. The van der Waals surface area contributed by atoms with Gasteiger partial charge < -0.3 is 5.73 Å². The van der Waals surface area contributed by atoms with E-state index in [1.165, 1.54) is 4.31 Å². The lowest BCUT2D eigenvalue weighted by atomic mass is 10.1. The van der Waals surface area contributed by atoms with Gasteiger partial charge >= 0.3 is 0 Å². The van der Waals surface area contributed by atoms with Crippen molar-refractivity contribution in [2.45, 2.75) is 39.7 Å². The van der Waals surface area contributed by atoms with E-state index in [0.29, 0.717) is 37.0 Å². The van der Waals surface area contributed by atoms with Crippen molar-refractivity contribution in [2.75, 3.05) is 25.4 Å². The van der Waals surface area contributed by atoms with Crippen LogP contribution in [0.1, 0.15) is 44.2 Å². The Morgan fingerprint density at radius 2 is 2.05 bits per heavy atom. The normalized spacial score (nSPS) is 20.3. The second kappa shape index (κ2) is 6.25. The third-order valence-electron chi connectivity index (χ3n) is 3.75. The Balaban J connectivity index is 2.36. The Morgan fingerprint density at radius 1 is 1.38 bits per heavy atom. The van der Waals surface area contributed by atoms with Crippen LogP contribution in [0.25, 0.3) is 0 Å². The molecule has 1 aromatic heterocycles. The minimum Gasteiger partial charge on any atom is -0.384 e. The Morgan fingerprint density at radius 3 is 2.62 bits per heavy atom. The summed E-state index contributed by atoms with van der Waals surface area (Å²) in [4.78, 5) is 8.42. The molecule has 2 heterocycles. The number of anilines is 1. The van der Waals surface area contributed by atoms with Crippen molar-refractivity contribution in [1.29, 1.82) is 0 Å². The molecule has 0 aliphatic carbocycles. The lowest BCUT2D eigenvalue weighted by Crippen LogP contribution is -2.43. The summed E-state index contributed by atoms with van der Waals surface area (Å²) in [6.45, 7) is 6.91. The van der Waals surface area contributed by atoms with Crippen molar-refractivity contribution in [3.05, 3.63) is 17.6 Å². The molecule has 1 fully saturated rings. The third-order valence-corrected chi connectivity index (χ3v) is 5.95. The summed E-state index contributed by atoms with van der Waals surface area (Å²) in [5.74, 6) is 0.946. The molecular formula is C13H23N5O2S. The highest BCUT2D eigenvalue weighted by Gasteiger charge is 2.38. The summed E-state index contributed by atoms with van der Waals surface area (Å²) >= 11 is 0. The first kappa shape index (κ1) is 16.1. The summed E-state index contributed by atoms with van der Waals surface area (Å²) < 4.78 is 28.5. The van der Waals surface area contributed by atoms with Crippen LogP contribution in [0.15, 0.2) is 6.07 Å². The van der Waals surface area contributed by atoms with Crippen LogP contribution in [-0.4, -0.2) is 46.6 Å². The molecular weight excluding hydrogens is 290 g/mol. The van der Waals surface area contributed by atoms with E-state index in [0.717, 1.165) is 12.8 Å². The Bertz CT molecular complexity index is 580. The molecule has 118 valence electrons. The first-order valence-corrected chi connectivity index (χ1v) is 8.67. The van der Waals surface area contributed by atoms with Crippen molar-refractivity contribution in [3.8, 4) is 0 Å². The monoisotopic (exact) mass is 313 g/mol. The van der Waals surface area contributed by atoms with E-state index in [4.69, 9.17) is 5.73 Å². The van der Waals surface area contributed by atoms with Gasteiger partial charge in [0, 0.05) is 25.7 Å². The molecule has 0 aromatic carbocycles. The first-order chi connectivity index (χ1) is 9.90. The van der Waals surface area contributed by atoms with Gasteiger partial charge in [-0.05, 0) is 19.8 Å². The van der Waals surface area contributed by atoms with E-state index in [1.807, 2.05) is 13.8 Å². The molecule has 1 saturated heterocycles. The van der Waals surface area contributed by atoms with Gasteiger partial charge in [0.2, 0.25) is 0 Å². The van der Waals surface area contributed by atoms with Crippen molar-refractivity contribution < 1.29 is 8.42 Å². The van der Waals surface area contributed by atoms with Crippen LogP contribution >= 0.6 is 0 Å². The highest BCUT2D eigenvalue weighted by Crippen LogP contribution is 2.34. The van der Waals surface area contributed by atoms with Gasteiger partial charge in [-0.25, -0.2) is 9.97 Å². The van der Waals surface area contributed by atoms with Crippen molar-refractivity contribution >= 4 is 16.0 Å². The molecule has 1 aromatic rings. The van der Waals surface area contributed by atoms with Gasteiger partial charge in [0.05, 0.1) is 11.7 Å². The highest BCUT2D eigenvalue weighted by atomic mass is 32.2. The molecule has 2 rings (SSSR count). The maximum Gasteiger partial charge on any atom is 0.282 e. The first-order valence-electron chi connectivity index (χ1n) is 7.28. The zero-order valence-corrected chi connectivity index (χ0v) is 13.6. The number of aromatic nitrogens is 2. The molecule has 0 unspecified atom stereocenters. The van der Waals surface area contributed by atoms with Gasteiger partial charge in [-0.3, -0.25) is 0 Å². The maximum atomic E-state index is 12.7.